The minimum absolute atomic E-state index is 0.334. The number of aromatic nitrogens is 3. The van der Waals surface area contributed by atoms with E-state index in [1.54, 1.807) is 0 Å². The molecule has 0 spiro atoms. The van der Waals surface area contributed by atoms with E-state index in [2.05, 4.69) is 31.6 Å². The SMILES string of the molecule is Cn1c(CN2CCCCC2)nnc1[C@@H]1CCCN(C(=O)CCC2CC2)C1. The summed E-state index contributed by atoms with van der Waals surface area (Å²) >= 11 is 0. The molecule has 3 aliphatic rings. The van der Waals surface area contributed by atoms with Gasteiger partial charge in [0.05, 0.1) is 6.54 Å². The number of hydrogen-bond donors (Lipinski definition) is 0. The monoisotopic (exact) mass is 359 g/mol. The van der Waals surface area contributed by atoms with Crippen LogP contribution in [0.15, 0.2) is 0 Å². The number of carbonyl (C=O) groups excluding carboxylic acids is 1. The molecule has 6 heteroatoms. The van der Waals surface area contributed by atoms with E-state index < -0.39 is 0 Å². The highest BCUT2D eigenvalue weighted by Gasteiger charge is 2.30. The molecule has 0 bridgehead atoms. The summed E-state index contributed by atoms with van der Waals surface area (Å²) < 4.78 is 2.19. The van der Waals surface area contributed by atoms with E-state index in [1.807, 2.05) is 0 Å². The molecule has 3 fully saturated rings. The Bertz CT molecular complexity index is 618. The van der Waals surface area contributed by atoms with Gasteiger partial charge < -0.3 is 9.47 Å². The van der Waals surface area contributed by atoms with Crippen molar-refractivity contribution in [3.8, 4) is 0 Å². The van der Waals surface area contributed by atoms with Gasteiger partial charge in [-0.3, -0.25) is 9.69 Å². The highest BCUT2D eigenvalue weighted by Crippen LogP contribution is 2.34. The number of piperidine rings is 2. The summed E-state index contributed by atoms with van der Waals surface area (Å²) in [4.78, 5) is 17.1. The summed E-state index contributed by atoms with van der Waals surface area (Å²) in [7, 11) is 2.10. The first-order chi connectivity index (χ1) is 12.7. The Kier molecular flexibility index (Phi) is 5.57. The summed E-state index contributed by atoms with van der Waals surface area (Å²) in [5, 5.41) is 9.02. The van der Waals surface area contributed by atoms with Crippen molar-refractivity contribution in [2.45, 2.75) is 70.3 Å². The van der Waals surface area contributed by atoms with Crippen LogP contribution < -0.4 is 0 Å². The Morgan fingerprint density at radius 1 is 1.04 bits per heavy atom. The summed E-state index contributed by atoms with van der Waals surface area (Å²) in [6, 6.07) is 0. The fourth-order valence-electron chi connectivity index (χ4n) is 4.49. The summed E-state index contributed by atoms with van der Waals surface area (Å²) in [5.41, 5.74) is 0. The summed E-state index contributed by atoms with van der Waals surface area (Å²) in [6.45, 7) is 4.99. The van der Waals surface area contributed by atoms with Gasteiger partial charge in [-0.05, 0) is 51.1 Å². The average Bonchev–Trinajstić information content (AvgIpc) is 3.44. The van der Waals surface area contributed by atoms with Crippen molar-refractivity contribution in [1.82, 2.24) is 24.6 Å². The normalized spacial score (nSPS) is 24.8. The molecule has 2 saturated heterocycles. The largest absolute Gasteiger partial charge is 0.342 e. The molecule has 1 aromatic heterocycles. The predicted octanol–water partition coefficient (Wildman–Crippen LogP) is 2.70. The average molecular weight is 360 g/mol. The molecule has 6 nitrogen and oxygen atoms in total. The highest BCUT2D eigenvalue weighted by molar-refractivity contribution is 5.76. The van der Waals surface area contributed by atoms with Gasteiger partial charge in [0.2, 0.25) is 5.91 Å². The second-order valence-electron chi connectivity index (χ2n) is 8.53. The van der Waals surface area contributed by atoms with Crippen molar-refractivity contribution in [3.63, 3.8) is 0 Å². The maximum Gasteiger partial charge on any atom is 0.222 e. The highest BCUT2D eigenvalue weighted by atomic mass is 16.2. The molecule has 0 unspecified atom stereocenters. The van der Waals surface area contributed by atoms with E-state index in [-0.39, 0.29) is 0 Å². The van der Waals surface area contributed by atoms with Gasteiger partial charge in [-0.15, -0.1) is 10.2 Å². The minimum atomic E-state index is 0.334. The van der Waals surface area contributed by atoms with Crippen molar-refractivity contribution in [1.29, 1.82) is 0 Å². The molecule has 1 aromatic rings. The van der Waals surface area contributed by atoms with Crippen LogP contribution in [0.25, 0.3) is 0 Å². The van der Waals surface area contributed by atoms with E-state index in [1.165, 1.54) is 45.2 Å². The van der Waals surface area contributed by atoms with Gasteiger partial charge in [0.25, 0.3) is 0 Å². The van der Waals surface area contributed by atoms with E-state index in [0.717, 1.165) is 62.9 Å². The van der Waals surface area contributed by atoms with Crippen LogP contribution >= 0.6 is 0 Å². The van der Waals surface area contributed by atoms with Gasteiger partial charge in [-0.25, -0.2) is 0 Å². The molecule has 1 aliphatic carbocycles. The maximum atomic E-state index is 12.5. The van der Waals surface area contributed by atoms with Gasteiger partial charge in [0.1, 0.15) is 11.6 Å². The lowest BCUT2D eigenvalue weighted by Gasteiger charge is -2.32. The van der Waals surface area contributed by atoms with Crippen LogP contribution in [0.3, 0.4) is 0 Å². The first kappa shape index (κ1) is 18.0. The Morgan fingerprint density at radius 2 is 1.85 bits per heavy atom. The van der Waals surface area contributed by atoms with E-state index in [0.29, 0.717) is 11.8 Å². The van der Waals surface area contributed by atoms with Crippen LogP contribution in [-0.4, -0.2) is 56.7 Å². The quantitative estimate of drug-likeness (QED) is 0.784. The lowest BCUT2D eigenvalue weighted by molar-refractivity contribution is -0.132. The summed E-state index contributed by atoms with van der Waals surface area (Å²) in [6.07, 6.45) is 10.6. The van der Waals surface area contributed by atoms with E-state index in [4.69, 9.17) is 0 Å². The lowest BCUT2D eigenvalue weighted by atomic mass is 9.96. The van der Waals surface area contributed by atoms with Gasteiger partial charge in [0, 0.05) is 32.5 Å². The fraction of sp³-hybridized carbons (Fsp3) is 0.850. The van der Waals surface area contributed by atoms with E-state index in [9.17, 15) is 4.79 Å². The van der Waals surface area contributed by atoms with Crippen LogP contribution in [0.1, 0.15) is 75.4 Å². The molecule has 4 rings (SSSR count). The van der Waals surface area contributed by atoms with Crippen LogP contribution in [0.2, 0.25) is 0 Å². The molecule has 0 aromatic carbocycles. The van der Waals surface area contributed by atoms with Crippen molar-refractivity contribution in [2.24, 2.45) is 13.0 Å². The van der Waals surface area contributed by atoms with Gasteiger partial charge in [0.15, 0.2) is 0 Å². The molecule has 26 heavy (non-hydrogen) atoms. The first-order valence-corrected chi connectivity index (χ1v) is 10.6. The number of carbonyl (C=O) groups is 1. The molecule has 0 N–H and O–H groups in total. The standard InChI is InChI=1S/C20H33N5O/c1-23-18(15-24-11-3-2-4-12-24)21-22-20(23)17-6-5-13-25(14-17)19(26)10-9-16-7-8-16/h16-17H,2-15H2,1H3/t17-/m1/s1. The number of rotatable bonds is 6. The molecule has 1 atom stereocenters. The molecule has 144 valence electrons. The van der Waals surface area contributed by atoms with Gasteiger partial charge in [-0.2, -0.15) is 0 Å². The molecule has 0 radical (unpaired) electrons. The molecule has 1 saturated carbocycles. The Balaban J connectivity index is 1.36. The smallest absolute Gasteiger partial charge is 0.222 e. The Hall–Kier alpha value is -1.43. The fourth-order valence-corrected chi connectivity index (χ4v) is 4.49. The maximum absolute atomic E-state index is 12.5. The van der Waals surface area contributed by atoms with Crippen molar-refractivity contribution in [2.75, 3.05) is 26.2 Å². The van der Waals surface area contributed by atoms with Crippen molar-refractivity contribution >= 4 is 5.91 Å². The van der Waals surface area contributed by atoms with Crippen LogP contribution in [0.5, 0.6) is 0 Å². The van der Waals surface area contributed by atoms with Crippen LogP contribution in [-0.2, 0) is 18.4 Å². The number of nitrogens with zero attached hydrogens (tertiary/aromatic N) is 5. The van der Waals surface area contributed by atoms with E-state index >= 15 is 0 Å². The molecule has 1 amide bonds. The van der Waals surface area contributed by atoms with Gasteiger partial charge in [-0.1, -0.05) is 19.3 Å². The topological polar surface area (TPSA) is 54.3 Å². The van der Waals surface area contributed by atoms with Crippen molar-refractivity contribution in [3.05, 3.63) is 11.6 Å². The summed E-state index contributed by atoms with van der Waals surface area (Å²) in [5.74, 6) is 3.64. The Labute approximate surface area is 156 Å². The predicted molar refractivity (Wildman–Crippen MR) is 101 cm³/mol. The number of amides is 1. The van der Waals surface area contributed by atoms with Crippen LogP contribution in [0.4, 0.5) is 0 Å². The van der Waals surface area contributed by atoms with Gasteiger partial charge >= 0.3 is 0 Å². The van der Waals surface area contributed by atoms with Crippen molar-refractivity contribution < 1.29 is 4.79 Å². The second-order valence-corrected chi connectivity index (χ2v) is 8.53. The molecular weight excluding hydrogens is 326 g/mol. The zero-order valence-electron chi connectivity index (χ0n) is 16.2. The number of hydrogen-bond acceptors (Lipinski definition) is 4. The third kappa shape index (κ3) is 4.27. The first-order valence-electron chi connectivity index (χ1n) is 10.6. The zero-order valence-corrected chi connectivity index (χ0v) is 16.2. The van der Waals surface area contributed by atoms with Crippen LogP contribution in [0, 0.1) is 5.92 Å². The Morgan fingerprint density at radius 3 is 2.62 bits per heavy atom. The zero-order chi connectivity index (χ0) is 17.9. The number of likely N-dealkylation sites (tertiary alicyclic amines) is 2. The lowest BCUT2D eigenvalue weighted by Crippen LogP contribution is -2.39. The molecule has 2 aliphatic heterocycles. The third-order valence-corrected chi connectivity index (χ3v) is 6.42. The second kappa shape index (κ2) is 8.07. The minimum Gasteiger partial charge on any atom is -0.342 e. The third-order valence-electron chi connectivity index (χ3n) is 6.42. The molecule has 3 heterocycles. The molecular formula is C20H33N5O.